The summed E-state index contributed by atoms with van der Waals surface area (Å²) in [5.41, 5.74) is 1.38. The van der Waals surface area contributed by atoms with E-state index in [0.717, 1.165) is 16.7 Å². The van der Waals surface area contributed by atoms with Crippen molar-refractivity contribution in [2.45, 2.75) is 49.0 Å². The van der Waals surface area contributed by atoms with E-state index in [9.17, 15) is 27.2 Å². The minimum atomic E-state index is -4.92. The van der Waals surface area contributed by atoms with Crippen LogP contribution in [0.5, 0.6) is 0 Å². The summed E-state index contributed by atoms with van der Waals surface area (Å²) in [4.78, 5) is 26.2. The molecule has 3 aliphatic carbocycles. The van der Waals surface area contributed by atoms with E-state index in [1.165, 1.54) is 12.1 Å². The molecule has 5 nitrogen and oxygen atoms in total. The number of benzene rings is 2. The maximum absolute atomic E-state index is 13.5. The van der Waals surface area contributed by atoms with E-state index in [0.29, 0.717) is 13.0 Å². The maximum Gasteiger partial charge on any atom is 0.471 e. The van der Waals surface area contributed by atoms with E-state index in [2.05, 4.69) is 10.6 Å². The predicted molar refractivity (Wildman–Crippen MR) is 107 cm³/mol. The van der Waals surface area contributed by atoms with Crippen molar-refractivity contribution in [3.63, 3.8) is 0 Å². The summed E-state index contributed by atoms with van der Waals surface area (Å²) in [5, 5.41) is 5.05. The average Bonchev–Trinajstić information content (AvgIpc) is 2.70. The highest BCUT2D eigenvalue weighted by atomic mass is 19.4. The molecule has 2 N–H and O–H groups in total. The number of nitrogens with zero attached hydrogens (tertiary/aromatic N) is 1. The van der Waals surface area contributed by atoms with Gasteiger partial charge in [-0.05, 0) is 54.5 Å². The van der Waals surface area contributed by atoms with Crippen molar-refractivity contribution in [3.05, 3.63) is 71.0 Å². The Morgan fingerprint density at radius 1 is 0.938 bits per heavy atom. The van der Waals surface area contributed by atoms with Crippen LogP contribution in [-0.2, 0) is 11.2 Å². The first-order valence-electron chi connectivity index (χ1n) is 10.4. The molecule has 0 saturated heterocycles. The fourth-order valence-corrected chi connectivity index (χ4v) is 5.45. The topological polar surface area (TPSA) is 61.4 Å². The minimum Gasteiger partial charge on any atom is -0.343 e. The van der Waals surface area contributed by atoms with Crippen molar-refractivity contribution in [1.82, 2.24) is 15.5 Å². The molecule has 6 rings (SSSR count). The van der Waals surface area contributed by atoms with Crippen LogP contribution >= 0.6 is 0 Å². The van der Waals surface area contributed by atoms with E-state index in [1.807, 2.05) is 24.3 Å². The number of fused-ring (bicyclic) bond motifs is 1. The highest BCUT2D eigenvalue weighted by Crippen LogP contribution is 2.60. The van der Waals surface area contributed by atoms with Gasteiger partial charge in [-0.3, -0.25) is 4.79 Å². The Balaban J connectivity index is 1.32. The summed E-state index contributed by atoms with van der Waals surface area (Å²) in [6.07, 6.45) is -3.42. The van der Waals surface area contributed by atoms with Crippen LogP contribution in [0, 0.1) is 5.82 Å². The Kier molecular flexibility index (Phi) is 4.51. The van der Waals surface area contributed by atoms with Crippen LogP contribution in [0.15, 0.2) is 48.5 Å². The third kappa shape index (κ3) is 3.40. The van der Waals surface area contributed by atoms with Crippen LogP contribution in [-0.4, -0.2) is 40.6 Å². The number of amides is 3. The fourth-order valence-electron chi connectivity index (χ4n) is 5.45. The molecule has 0 spiro atoms. The van der Waals surface area contributed by atoms with Crippen LogP contribution in [0.25, 0.3) is 0 Å². The molecule has 2 bridgehead atoms. The molecule has 1 heterocycles. The molecule has 1 aliphatic heterocycles. The number of carbonyl (C=O) groups is 2. The number of urea groups is 1. The van der Waals surface area contributed by atoms with Gasteiger partial charge in [-0.25, -0.2) is 9.18 Å². The van der Waals surface area contributed by atoms with Crippen molar-refractivity contribution < 1.29 is 27.2 Å². The molecule has 168 valence electrons. The largest absolute Gasteiger partial charge is 0.471 e. The third-order valence-corrected chi connectivity index (χ3v) is 6.77. The molecule has 3 fully saturated rings. The Bertz CT molecular complexity index is 1060. The Morgan fingerprint density at radius 3 is 2.22 bits per heavy atom. The van der Waals surface area contributed by atoms with Gasteiger partial charge < -0.3 is 15.5 Å². The second-order valence-electron chi connectivity index (χ2n) is 9.07. The minimum absolute atomic E-state index is 0.277. The van der Waals surface area contributed by atoms with Crippen molar-refractivity contribution in [1.29, 1.82) is 0 Å². The molecule has 0 aromatic heterocycles. The average molecular weight is 447 g/mol. The molecule has 2 aromatic carbocycles. The summed E-state index contributed by atoms with van der Waals surface area (Å²) in [5.74, 6) is -2.31. The SMILES string of the molecule is O=C(NC12CC(NC(=O)C(F)(F)F)(C1)C2)N1CCc2ccccc2[C@@H]1c1ccc(F)cc1. The quantitative estimate of drug-likeness (QED) is 0.703. The normalized spacial score (nSPS) is 28.1. The zero-order valence-electron chi connectivity index (χ0n) is 17.0. The van der Waals surface area contributed by atoms with Gasteiger partial charge in [0.25, 0.3) is 0 Å². The molecule has 32 heavy (non-hydrogen) atoms. The van der Waals surface area contributed by atoms with E-state index in [4.69, 9.17) is 0 Å². The van der Waals surface area contributed by atoms with Gasteiger partial charge in [-0.15, -0.1) is 0 Å². The third-order valence-electron chi connectivity index (χ3n) is 6.77. The van der Waals surface area contributed by atoms with Gasteiger partial charge in [0.1, 0.15) is 5.82 Å². The number of rotatable bonds is 3. The second kappa shape index (κ2) is 6.95. The Labute approximate surface area is 181 Å². The lowest BCUT2D eigenvalue weighted by Gasteiger charge is -2.70. The smallest absolute Gasteiger partial charge is 0.343 e. The van der Waals surface area contributed by atoms with Gasteiger partial charge in [0.05, 0.1) is 6.04 Å². The fraction of sp³-hybridized carbons (Fsp3) is 0.391. The highest BCUT2D eigenvalue weighted by molar-refractivity contribution is 5.84. The Morgan fingerprint density at radius 2 is 1.56 bits per heavy atom. The van der Waals surface area contributed by atoms with Crippen molar-refractivity contribution in [3.8, 4) is 0 Å². The zero-order valence-corrected chi connectivity index (χ0v) is 17.0. The monoisotopic (exact) mass is 447 g/mol. The maximum atomic E-state index is 13.5. The van der Waals surface area contributed by atoms with Crippen LogP contribution in [0.3, 0.4) is 0 Å². The van der Waals surface area contributed by atoms with E-state index in [-0.39, 0.29) is 31.1 Å². The van der Waals surface area contributed by atoms with Crippen molar-refractivity contribution >= 4 is 11.9 Å². The summed E-state index contributed by atoms with van der Waals surface area (Å²) >= 11 is 0. The van der Waals surface area contributed by atoms with Crippen LogP contribution in [0.4, 0.5) is 22.4 Å². The summed E-state index contributed by atoms with van der Waals surface area (Å²) in [6.45, 7) is 0.455. The van der Waals surface area contributed by atoms with Crippen LogP contribution in [0.2, 0.25) is 0 Å². The van der Waals surface area contributed by atoms with Gasteiger partial charge in [-0.2, -0.15) is 13.2 Å². The molecule has 0 radical (unpaired) electrons. The van der Waals surface area contributed by atoms with Gasteiger partial charge in [0, 0.05) is 17.6 Å². The first-order chi connectivity index (χ1) is 15.1. The van der Waals surface area contributed by atoms with Crippen molar-refractivity contribution in [2.75, 3.05) is 6.54 Å². The molecular weight excluding hydrogens is 426 g/mol. The molecule has 0 unspecified atom stereocenters. The lowest BCUT2D eigenvalue weighted by atomic mass is 9.44. The molecule has 1 atom stereocenters. The van der Waals surface area contributed by atoms with Gasteiger partial charge in [-0.1, -0.05) is 36.4 Å². The number of nitrogens with one attached hydrogen (secondary N) is 2. The zero-order chi connectivity index (χ0) is 22.7. The number of carbonyl (C=O) groups excluding carboxylic acids is 2. The molecular formula is C23H21F4N3O2. The number of hydrogen-bond acceptors (Lipinski definition) is 2. The van der Waals surface area contributed by atoms with Gasteiger partial charge in [0.15, 0.2) is 0 Å². The first-order valence-corrected chi connectivity index (χ1v) is 10.4. The number of hydrogen-bond donors (Lipinski definition) is 2. The van der Waals surface area contributed by atoms with Crippen LogP contribution < -0.4 is 10.6 Å². The molecule has 4 aliphatic rings. The standard InChI is InChI=1S/C23H21F4N3O2/c24-16-7-5-15(6-8-16)18-17-4-2-1-3-14(17)9-10-30(18)20(32)29-22-11-21(12-22,13-22)28-19(31)23(25,26)27/h1-8,18H,9-13H2,(H,28,31)(H,29,32)/t18-,21?,22?/m0/s1. The van der Waals surface area contributed by atoms with E-state index in [1.54, 1.807) is 17.0 Å². The predicted octanol–water partition coefficient (Wildman–Crippen LogP) is 3.84. The summed E-state index contributed by atoms with van der Waals surface area (Å²) in [7, 11) is 0. The number of alkyl halides is 3. The number of halogens is 4. The van der Waals surface area contributed by atoms with E-state index < -0.39 is 29.2 Å². The molecule has 3 saturated carbocycles. The highest BCUT2D eigenvalue weighted by Gasteiger charge is 2.70. The lowest BCUT2D eigenvalue weighted by molar-refractivity contribution is -0.186. The van der Waals surface area contributed by atoms with Gasteiger partial charge >= 0.3 is 18.1 Å². The van der Waals surface area contributed by atoms with Gasteiger partial charge in [0.2, 0.25) is 0 Å². The first kappa shape index (κ1) is 20.8. The molecule has 9 heteroatoms. The second-order valence-corrected chi connectivity index (χ2v) is 9.07. The van der Waals surface area contributed by atoms with Crippen LogP contribution in [0.1, 0.15) is 42.0 Å². The molecule has 2 aromatic rings. The van der Waals surface area contributed by atoms with Crippen molar-refractivity contribution in [2.24, 2.45) is 0 Å². The van der Waals surface area contributed by atoms with E-state index >= 15 is 0 Å². The summed E-state index contributed by atoms with van der Waals surface area (Å²) in [6, 6.07) is 13.1. The molecule has 3 amide bonds. The Hall–Kier alpha value is -3.10. The lowest BCUT2D eigenvalue weighted by Crippen LogP contribution is -2.84. The summed E-state index contributed by atoms with van der Waals surface area (Å²) < 4.78 is 51.1.